The minimum atomic E-state index is -0.460. The molecular weight excluding hydrogens is 593 g/mol. The molecule has 0 aromatic heterocycles. The van der Waals surface area contributed by atoms with Crippen molar-refractivity contribution < 1.29 is 23.9 Å². The number of halogens is 1. The maximum absolute atomic E-state index is 13.0. The number of carbonyl (C=O) groups is 3. The molecule has 0 bridgehead atoms. The van der Waals surface area contributed by atoms with Gasteiger partial charge in [-0.05, 0) is 84.1 Å². The average Bonchev–Trinajstić information content (AvgIpc) is 3.13. The molecule has 2 aliphatic rings. The SMILES string of the molecule is COc1cc(/C=C2/SC(=O)N(CC(=O)N3CCN(c4ccccc4)CC3)C2=O)cc(I)c1OC(C)C. The Balaban J connectivity index is 1.41. The van der Waals surface area contributed by atoms with Gasteiger partial charge in [-0.25, -0.2) is 0 Å². The standard InChI is InChI=1S/C26H28IN3O5S/c1-17(2)35-24-20(27)13-18(14-21(24)34-3)15-22-25(32)30(26(33)36-22)16-23(31)29-11-9-28(10-12-29)19-7-5-4-6-8-19/h4-8,13-15,17H,9-12,16H2,1-3H3/b22-15+. The largest absolute Gasteiger partial charge is 0.493 e. The van der Waals surface area contributed by atoms with Crippen molar-refractivity contribution >= 4 is 63.2 Å². The highest BCUT2D eigenvalue weighted by molar-refractivity contribution is 14.1. The molecule has 0 N–H and O–H groups in total. The quantitative estimate of drug-likeness (QED) is 0.334. The molecule has 2 aromatic rings. The zero-order valence-electron chi connectivity index (χ0n) is 20.4. The third-order valence-electron chi connectivity index (χ3n) is 5.82. The van der Waals surface area contributed by atoms with Gasteiger partial charge in [-0.1, -0.05) is 18.2 Å². The van der Waals surface area contributed by atoms with Crippen molar-refractivity contribution in [3.8, 4) is 11.5 Å². The van der Waals surface area contributed by atoms with Crippen molar-refractivity contribution in [2.75, 3.05) is 44.7 Å². The summed E-state index contributed by atoms with van der Waals surface area (Å²) in [6, 6.07) is 13.7. The first-order valence-corrected chi connectivity index (χ1v) is 13.5. The zero-order chi connectivity index (χ0) is 25.8. The number of methoxy groups -OCH3 is 1. The molecule has 2 fully saturated rings. The van der Waals surface area contributed by atoms with Gasteiger partial charge in [-0.2, -0.15) is 0 Å². The molecule has 8 nitrogen and oxygen atoms in total. The van der Waals surface area contributed by atoms with Gasteiger partial charge < -0.3 is 19.3 Å². The van der Waals surface area contributed by atoms with Gasteiger partial charge in [0.05, 0.1) is 21.7 Å². The van der Waals surface area contributed by atoms with Crippen LogP contribution >= 0.6 is 34.4 Å². The van der Waals surface area contributed by atoms with Gasteiger partial charge in [0.25, 0.3) is 11.1 Å². The van der Waals surface area contributed by atoms with Crippen LogP contribution < -0.4 is 14.4 Å². The first-order valence-electron chi connectivity index (χ1n) is 11.6. The Hall–Kier alpha value is -2.73. The van der Waals surface area contributed by atoms with Crippen LogP contribution in [0.3, 0.4) is 0 Å². The summed E-state index contributed by atoms with van der Waals surface area (Å²) in [4.78, 5) is 43.8. The van der Waals surface area contributed by atoms with Crippen LogP contribution in [0.25, 0.3) is 6.08 Å². The van der Waals surface area contributed by atoms with Crippen LogP contribution in [0, 0.1) is 3.57 Å². The van der Waals surface area contributed by atoms with E-state index in [9.17, 15) is 14.4 Å². The molecule has 2 saturated heterocycles. The number of para-hydroxylation sites is 1. The van der Waals surface area contributed by atoms with E-state index in [1.165, 1.54) is 0 Å². The third kappa shape index (κ3) is 5.97. The zero-order valence-corrected chi connectivity index (χ0v) is 23.4. The predicted molar refractivity (Wildman–Crippen MR) is 149 cm³/mol. The molecule has 0 unspecified atom stereocenters. The van der Waals surface area contributed by atoms with E-state index in [1.54, 1.807) is 24.2 Å². The lowest BCUT2D eigenvalue weighted by atomic mass is 10.1. The summed E-state index contributed by atoms with van der Waals surface area (Å²) in [5, 5.41) is -0.441. The van der Waals surface area contributed by atoms with Crippen LogP contribution in [0.4, 0.5) is 10.5 Å². The van der Waals surface area contributed by atoms with E-state index in [2.05, 4.69) is 27.5 Å². The number of hydrogen-bond acceptors (Lipinski definition) is 7. The number of rotatable bonds is 7. The number of amides is 3. The molecule has 190 valence electrons. The number of hydrogen-bond donors (Lipinski definition) is 0. The molecule has 2 aromatic carbocycles. The van der Waals surface area contributed by atoms with Crippen LogP contribution in [0.2, 0.25) is 0 Å². The molecule has 0 spiro atoms. The van der Waals surface area contributed by atoms with Crippen molar-refractivity contribution in [3.05, 3.63) is 56.5 Å². The fraction of sp³-hybridized carbons (Fsp3) is 0.346. The molecule has 3 amide bonds. The lowest BCUT2D eigenvalue weighted by Gasteiger charge is -2.36. The second kappa shape index (κ2) is 11.5. The molecule has 0 atom stereocenters. The minimum Gasteiger partial charge on any atom is -0.493 e. The number of imide groups is 1. The highest BCUT2D eigenvalue weighted by Gasteiger charge is 2.37. The Morgan fingerprint density at radius 2 is 1.81 bits per heavy atom. The fourth-order valence-corrected chi connectivity index (χ4v) is 5.64. The molecule has 0 saturated carbocycles. The predicted octanol–water partition coefficient (Wildman–Crippen LogP) is 4.47. The normalized spacial score (nSPS) is 17.4. The summed E-state index contributed by atoms with van der Waals surface area (Å²) in [6.07, 6.45) is 1.63. The van der Waals surface area contributed by atoms with Crippen molar-refractivity contribution in [2.45, 2.75) is 20.0 Å². The van der Waals surface area contributed by atoms with Gasteiger partial charge in [0.1, 0.15) is 6.54 Å². The maximum atomic E-state index is 13.0. The first-order chi connectivity index (χ1) is 17.3. The van der Waals surface area contributed by atoms with Gasteiger partial charge in [0.2, 0.25) is 5.91 Å². The highest BCUT2D eigenvalue weighted by atomic mass is 127. The number of piperazine rings is 1. The van der Waals surface area contributed by atoms with Crippen LogP contribution in [0.5, 0.6) is 11.5 Å². The summed E-state index contributed by atoms with van der Waals surface area (Å²) >= 11 is 3.00. The monoisotopic (exact) mass is 621 g/mol. The van der Waals surface area contributed by atoms with Crippen LogP contribution in [-0.4, -0.2) is 72.8 Å². The molecule has 2 aliphatic heterocycles. The molecule has 36 heavy (non-hydrogen) atoms. The summed E-state index contributed by atoms with van der Waals surface area (Å²) in [6.45, 7) is 6.11. The van der Waals surface area contributed by atoms with Crippen molar-refractivity contribution in [3.63, 3.8) is 0 Å². The van der Waals surface area contributed by atoms with Gasteiger partial charge in [0, 0.05) is 31.9 Å². The van der Waals surface area contributed by atoms with Gasteiger partial charge in [-0.15, -0.1) is 0 Å². The van der Waals surface area contributed by atoms with Gasteiger partial charge in [-0.3, -0.25) is 19.3 Å². The van der Waals surface area contributed by atoms with Gasteiger partial charge in [0.15, 0.2) is 11.5 Å². The van der Waals surface area contributed by atoms with E-state index >= 15 is 0 Å². The van der Waals surface area contributed by atoms with E-state index in [1.807, 2.05) is 50.2 Å². The van der Waals surface area contributed by atoms with Crippen LogP contribution in [0.15, 0.2) is 47.4 Å². The minimum absolute atomic E-state index is 0.0198. The molecule has 0 aliphatic carbocycles. The highest BCUT2D eigenvalue weighted by Crippen LogP contribution is 2.37. The van der Waals surface area contributed by atoms with E-state index in [-0.39, 0.29) is 23.5 Å². The van der Waals surface area contributed by atoms with E-state index < -0.39 is 11.1 Å². The second-order valence-electron chi connectivity index (χ2n) is 8.67. The number of thioether (sulfide) groups is 1. The third-order valence-corrected chi connectivity index (χ3v) is 7.53. The Labute approximate surface area is 228 Å². The Morgan fingerprint density at radius 1 is 1.11 bits per heavy atom. The molecule has 0 radical (unpaired) electrons. The first kappa shape index (κ1) is 26.3. The smallest absolute Gasteiger partial charge is 0.294 e. The summed E-state index contributed by atoms with van der Waals surface area (Å²) in [5.41, 5.74) is 1.83. The lowest BCUT2D eigenvalue weighted by molar-refractivity contribution is -0.136. The summed E-state index contributed by atoms with van der Waals surface area (Å²) in [5.74, 6) is 0.498. The van der Waals surface area contributed by atoms with Crippen LogP contribution in [-0.2, 0) is 9.59 Å². The Morgan fingerprint density at radius 3 is 2.44 bits per heavy atom. The van der Waals surface area contributed by atoms with Gasteiger partial charge >= 0.3 is 0 Å². The van der Waals surface area contributed by atoms with E-state index in [4.69, 9.17) is 9.47 Å². The molecule has 10 heteroatoms. The number of anilines is 1. The molecule has 4 rings (SSSR count). The van der Waals surface area contributed by atoms with Crippen molar-refractivity contribution in [2.24, 2.45) is 0 Å². The summed E-state index contributed by atoms with van der Waals surface area (Å²) in [7, 11) is 1.56. The van der Waals surface area contributed by atoms with Crippen molar-refractivity contribution in [1.82, 2.24) is 9.80 Å². The number of ether oxygens (including phenoxy) is 2. The van der Waals surface area contributed by atoms with E-state index in [0.29, 0.717) is 43.2 Å². The number of nitrogens with zero attached hydrogens (tertiary/aromatic N) is 3. The molecule has 2 heterocycles. The van der Waals surface area contributed by atoms with E-state index in [0.717, 1.165) is 25.9 Å². The topological polar surface area (TPSA) is 79.4 Å². The number of benzene rings is 2. The second-order valence-corrected chi connectivity index (χ2v) is 10.8. The van der Waals surface area contributed by atoms with Crippen molar-refractivity contribution in [1.29, 1.82) is 0 Å². The molecular formula is C26H28IN3O5S. The average molecular weight is 621 g/mol. The Bertz CT molecular complexity index is 1180. The van der Waals surface area contributed by atoms with Crippen LogP contribution in [0.1, 0.15) is 19.4 Å². The number of carbonyl (C=O) groups excluding carboxylic acids is 3. The fourth-order valence-electron chi connectivity index (χ4n) is 4.05. The Kier molecular flexibility index (Phi) is 8.45. The lowest BCUT2D eigenvalue weighted by Crippen LogP contribution is -2.51. The maximum Gasteiger partial charge on any atom is 0.294 e. The summed E-state index contributed by atoms with van der Waals surface area (Å²) < 4.78 is 12.2.